The standard InChI is InChI=1S/C29H26N2O3S/c1-5-33-24-15-25-22(23(16-34-25)20-11-9-17(2)10-12-20)14-21(24)19(4)13-27(32)30-29-31-28-18(3)7-6-8-26(28)35-29/h6-16H,5H2,1-4H3,(H,30,31,32)/b19-13+. The maximum absolute atomic E-state index is 12.9. The van der Waals surface area contributed by atoms with Gasteiger partial charge in [0, 0.05) is 28.7 Å². The molecule has 0 aliphatic carbocycles. The molecule has 5 aromatic rings. The highest BCUT2D eigenvalue weighted by atomic mass is 32.1. The van der Waals surface area contributed by atoms with Gasteiger partial charge in [-0.15, -0.1) is 0 Å². The Hall–Kier alpha value is -3.90. The van der Waals surface area contributed by atoms with E-state index in [1.165, 1.54) is 16.9 Å². The van der Waals surface area contributed by atoms with Crippen LogP contribution in [-0.4, -0.2) is 17.5 Å². The average Bonchev–Trinajstić information content (AvgIpc) is 3.43. The lowest BCUT2D eigenvalue weighted by molar-refractivity contribution is -0.111. The lowest BCUT2D eigenvalue weighted by Crippen LogP contribution is -2.08. The van der Waals surface area contributed by atoms with E-state index in [0.29, 0.717) is 17.5 Å². The van der Waals surface area contributed by atoms with E-state index >= 15 is 0 Å². The largest absolute Gasteiger partial charge is 0.493 e. The summed E-state index contributed by atoms with van der Waals surface area (Å²) in [5, 5.41) is 4.48. The first-order valence-electron chi connectivity index (χ1n) is 11.5. The van der Waals surface area contributed by atoms with Gasteiger partial charge in [-0.1, -0.05) is 53.3 Å². The number of furan rings is 1. The Balaban J connectivity index is 1.49. The van der Waals surface area contributed by atoms with Gasteiger partial charge in [0.1, 0.15) is 11.3 Å². The number of benzene rings is 3. The number of fused-ring (bicyclic) bond motifs is 2. The fraction of sp³-hybridized carbons (Fsp3) is 0.172. The minimum Gasteiger partial charge on any atom is -0.493 e. The van der Waals surface area contributed by atoms with Gasteiger partial charge in [0.2, 0.25) is 5.91 Å². The van der Waals surface area contributed by atoms with Crippen molar-refractivity contribution >= 4 is 49.1 Å². The Kier molecular flexibility index (Phi) is 6.14. The summed E-state index contributed by atoms with van der Waals surface area (Å²) in [6.45, 7) is 8.45. The van der Waals surface area contributed by atoms with E-state index in [1.807, 2.05) is 51.1 Å². The summed E-state index contributed by atoms with van der Waals surface area (Å²) in [6, 6.07) is 18.3. The van der Waals surface area contributed by atoms with Crippen LogP contribution in [0.3, 0.4) is 0 Å². The van der Waals surface area contributed by atoms with Crippen LogP contribution in [0.15, 0.2) is 71.4 Å². The molecule has 5 rings (SSSR count). The number of hydrogen-bond donors (Lipinski definition) is 1. The number of para-hydroxylation sites is 1. The molecule has 2 aromatic heterocycles. The fourth-order valence-corrected chi connectivity index (χ4v) is 5.10. The molecule has 6 heteroatoms. The number of anilines is 1. The Morgan fingerprint density at radius 3 is 2.69 bits per heavy atom. The van der Waals surface area contributed by atoms with Crippen LogP contribution in [-0.2, 0) is 4.79 Å². The number of rotatable bonds is 6. The highest BCUT2D eigenvalue weighted by Gasteiger charge is 2.16. The van der Waals surface area contributed by atoms with Gasteiger partial charge in [-0.25, -0.2) is 4.98 Å². The molecule has 0 unspecified atom stereocenters. The van der Waals surface area contributed by atoms with Crippen molar-refractivity contribution in [2.75, 3.05) is 11.9 Å². The predicted molar refractivity (Wildman–Crippen MR) is 144 cm³/mol. The van der Waals surface area contributed by atoms with Gasteiger partial charge in [0.15, 0.2) is 5.13 Å². The van der Waals surface area contributed by atoms with Crippen LogP contribution >= 0.6 is 11.3 Å². The number of hydrogen-bond acceptors (Lipinski definition) is 5. The molecule has 0 atom stereocenters. The van der Waals surface area contributed by atoms with Gasteiger partial charge in [0.25, 0.3) is 0 Å². The molecule has 0 saturated heterocycles. The first-order chi connectivity index (χ1) is 16.9. The van der Waals surface area contributed by atoms with Gasteiger partial charge >= 0.3 is 0 Å². The lowest BCUT2D eigenvalue weighted by Gasteiger charge is -2.11. The molecule has 0 aliphatic heterocycles. The number of allylic oxidation sites excluding steroid dienone is 1. The third kappa shape index (κ3) is 4.57. The molecule has 0 radical (unpaired) electrons. The Morgan fingerprint density at radius 1 is 1.14 bits per heavy atom. The third-order valence-electron chi connectivity index (χ3n) is 5.96. The molecule has 1 N–H and O–H groups in total. The summed E-state index contributed by atoms with van der Waals surface area (Å²) in [6.07, 6.45) is 3.37. The quantitative estimate of drug-likeness (QED) is 0.251. The summed E-state index contributed by atoms with van der Waals surface area (Å²) >= 11 is 1.47. The second-order valence-corrected chi connectivity index (χ2v) is 9.58. The Labute approximate surface area is 208 Å². The number of carbonyl (C=O) groups excluding carboxylic acids is 1. The zero-order chi connectivity index (χ0) is 24.5. The second kappa shape index (κ2) is 9.39. The van der Waals surface area contributed by atoms with E-state index < -0.39 is 0 Å². The topological polar surface area (TPSA) is 64.4 Å². The van der Waals surface area contributed by atoms with Crippen LogP contribution in [0.25, 0.3) is 37.9 Å². The molecule has 35 heavy (non-hydrogen) atoms. The number of aryl methyl sites for hydroxylation is 2. The van der Waals surface area contributed by atoms with Gasteiger partial charge in [-0.05, 0) is 56.5 Å². The molecule has 5 nitrogen and oxygen atoms in total. The SMILES string of the molecule is CCOc1cc2occ(-c3ccc(C)cc3)c2cc1/C(C)=C/C(=O)Nc1nc2c(C)cccc2s1. The van der Waals surface area contributed by atoms with Crippen LogP contribution in [0.1, 0.15) is 30.5 Å². The number of carbonyl (C=O) groups is 1. The first-order valence-corrected chi connectivity index (χ1v) is 12.4. The lowest BCUT2D eigenvalue weighted by atomic mass is 9.99. The van der Waals surface area contributed by atoms with Crippen molar-refractivity contribution in [2.45, 2.75) is 27.7 Å². The molecule has 0 aliphatic rings. The number of nitrogens with zero attached hydrogens (tertiary/aromatic N) is 1. The zero-order valence-electron chi connectivity index (χ0n) is 20.1. The molecule has 0 fully saturated rings. The van der Waals surface area contributed by atoms with E-state index in [-0.39, 0.29) is 5.91 Å². The van der Waals surface area contributed by atoms with Crippen molar-refractivity contribution in [3.8, 4) is 16.9 Å². The minimum atomic E-state index is -0.229. The maximum Gasteiger partial charge on any atom is 0.250 e. The van der Waals surface area contributed by atoms with Crippen molar-refractivity contribution in [3.05, 3.63) is 83.6 Å². The number of amides is 1. The third-order valence-corrected chi connectivity index (χ3v) is 6.90. The monoisotopic (exact) mass is 482 g/mol. The highest BCUT2D eigenvalue weighted by molar-refractivity contribution is 7.22. The molecule has 1 amide bonds. The van der Waals surface area contributed by atoms with E-state index in [4.69, 9.17) is 9.15 Å². The number of thiazole rings is 1. The summed E-state index contributed by atoms with van der Waals surface area (Å²) in [5.74, 6) is 0.453. The van der Waals surface area contributed by atoms with E-state index in [9.17, 15) is 4.79 Å². The van der Waals surface area contributed by atoms with Crippen molar-refractivity contribution in [1.82, 2.24) is 4.98 Å². The fourth-order valence-electron chi connectivity index (χ4n) is 4.15. The van der Waals surface area contributed by atoms with Gasteiger partial charge in [-0.2, -0.15) is 0 Å². The van der Waals surface area contributed by atoms with Crippen LogP contribution in [0.4, 0.5) is 5.13 Å². The van der Waals surface area contributed by atoms with Gasteiger partial charge in [-0.3, -0.25) is 10.1 Å². The Morgan fingerprint density at radius 2 is 1.94 bits per heavy atom. The summed E-state index contributed by atoms with van der Waals surface area (Å²) in [4.78, 5) is 17.5. The van der Waals surface area contributed by atoms with E-state index in [1.54, 1.807) is 12.3 Å². The van der Waals surface area contributed by atoms with Crippen LogP contribution in [0, 0.1) is 13.8 Å². The van der Waals surface area contributed by atoms with E-state index in [2.05, 4.69) is 41.5 Å². The smallest absolute Gasteiger partial charge is 0.250 e. The average molecular weight is 483 g/mol. The summed E-state index contributed by atoms with van der Waals surface area (Å²) in [5.41, 5.74) is 7.68. The predicted octanol–water partition coefficient (Wildman–Crippen LogP) is 7.77. The molecular formula is C29H26N2O3S. The minimum absolute atomic E-state index is 0.229. The van der Waals surface area contributed by atoms with Crippen LogP contribution in [0.5, 0.6) is 5.75 Å². The van der Waals surface area contributed by atoms with Crippen LogP contribution < -0.4 is 10.1 Å². The highest BCUT2D eigenvalue weighted by Crippen LogP contribution is 2.37. The van der Waals surface area contributed by atoms with E-state index in [0.717, 1.165) is 49.0 Å². The van der Waals surface area contributed by atoms with Crippen LogP contribution in [0.2, 0.25) is 0 Å². The number of nitrogens with one attached hydrogen (secondary N) is 1. The normalized spacial score (nSPS) is 11.8. The zero-order valence-corrected chi connectivity index (χ0v) is 21.0. The van der Waals surface area contributed by atoms with Gasteiger partial charge < -0.3 is 9.15 Å². The molecular weight excluding hydrogens is 456 g/mol. The molecule has 0 spiro atoms. The summed E-state index contributed by atoms with van der Waals surface area (Å²) < 4.78 is 12.8. The van der Waals surface area contributed by atoms with Crippen molar-refractivity contribution in [2.24, 2.45) is 0 Å². The second-order valence-electron chi connectivity index (χ2n) is 8.55. The van der Waals surface area contributed by atoms with Crippen molar-refractivity contribution in [3.63, 3.8) is 0 Å². The Bertz CT molecular complexity index is 1580. The summed E-state index contributed by atoms with van der Waals surface area (Å²) in [7, 11) is 0. The van der Waals surface area contributed by atoms with Gasteiger partial charge in [0.05, 0.1) is 23.1 Å². The molecule has 0 bridgehead atoms. The molecule has 176 valence electrons. The van der Waals surface area contributed by atoms with Crippen molar-refractivity contribution in [1.29, 1.82) is 0 Å². The number of aromatic nitrogens is 1. The number of ether oxygens (including phenoxy) is 1. The molecule has 0 saturated carbocycles. The maximum atomic E-state index is 12.9. The first kappa shape index (κ1) is 22.9. The molecule has 3 aromatic carbocycles. The van der Waals surface area contributed by atoms with Crippen molar-refractivity contribution < 1.29 is 13.9 Å². The molecule has 2 heterocycles.